The Labute approximate surface area is 138 Å². The van der Waals surface area contributed by atoms with Crippen LogP contribution in [-0.2, 0) is 0 Å². The largest absolute Gasteiger partial charge is 0.301 e. The van der Waals surface area contributed by atoms with Gasteiger partial charge in [0, 0.05) is 6.07 Å². The first kappa shape index (κ1) is 17.3. The monoisotopic (exact) mass is 330 g/mol. The first-order valence-electron chi connectivity index (χ1n) is 7.37. The van der Waals surface area contributed by atoms with Crippen molar-refractivity contribution in [3.05, 3.63) is 62.2 Å². The summed E-state index contributed by atoms with van der Waals surface area (Å²) in [6, 6.07) is 3.41. The van der Waals surface area contributed by atoms with Crippen LogP contribution in [0.4, 0.5) is 17.1 Å². The van der Waals surface area contributed by atoms with Crippen LogP contribution in [0.3, 0.4) is 0 Å². The topological polar surface area (TPSA) is 111 Å². The molecule has 1 unspecified atom stereocenters. The summed E-state index contributed by atoms with van der Waals surface area (Å²) in [7, 11) is 0. The number of hydrazone groups is 1. The Morgan fingerprint density at radius 2 is 2.04 bits per heavy atom. The van der Waals surface area contributed by atoms with Crippen molar-refractivity contribution in [1.29, 1.82) is 0 Å². The predicted molar refractivity (Wildman–Crippen MR) is 92.1 cm³/mol. The average Bonchev–Trinajstić information content (AvgIpc) is 2.53. The zero-order valence-corrected chi connectivity index (χ0v) is 13.5. The highest BCUT2D eigenvalue weighted by molar-refractivity contribution is 6.01. The molecule has 0 aliphatic heterocycles. The van der Waals surface area contributed by atoms with E-state index in [0.717, 1.165) is 29.3 Å². The second-order valence-corrected chi connectivity index (χ2v) is 5.76. The summed E-state index contributed by atoms with van der Waals surface area (Å²) >= 11 is 0. The van der Waals surface area contributed by atoms with E-state index >= 15 is 0 Å². The first-order valence-corrected chi connectivity index (χ1v) is 7.37. The Kier molecular flexibility index (Phi) is 5.08. The molecule has 1 atom stereocenters. The highest BCUT2D eigenvalue weighted by Gasteiger charge is 2.21. The van der Waals surface area contributed by atoms with Gasteiger partial charge in [-0.3, -0.25) is 25.7 Å². The number of hydrogen-bond acceptors (Lipinski definition) is 6. The molecule has 1 aromatic carbocycles. The Morgan fingerprint density at radius 1 is 1.33 bits per heavy atom. The Bertz CT molecular complexity index is 767. The molecule has 0 saturated heterocycles. The lowest BCUT2D eigenvalue weighted by atomic mass is 9.85. The number of nitrogens with one attached hydrogen (secondary N) is 1. The summed E-state index contributed by atoms with van der Waals surface area (Å²) in [6.45, 7) is 7.86. The minimum Gasteiger partial charge on any atom is -0.271 e. The molecule has 0 fully saturated rings. The van der Waals surface area contributed by atoms with Crippen LogP contribution >= 0.6 is 0 Å². The molecule has 0 aromatic heterocycles. The van der Waals surface area contributed by atoms with Crippen LogP contribution < -0.4 is 5.43 Å². The van der Waals surface area contributed by atoms with Crippen molar-refractivity contribution in [3.63, 3.8) is 0 Å². The van der Waals surface area contributed by atoms with Crippen LogP contribution in [0.1, 0.15) is 26.7 Å². The fourth-order valence-corrected chi connectivity index (χ4v) is 2.43. The molecular formula is C16H18N4O4. The summed E-state index contributed by atoms with van der Waals surface area (Å²) in [5.41, 5.74) is 4.92. The summed E-state index contributed by atoms with van der Waals surface area (Å²) < 4.78 is 0. The van der Waals surface area contributed by atoms with Crippen molar-refractivity contribution in [2.45, 2.75) is 26.7 Å². The smallest absolute Gasteiger partial charge is 0.271 e. The van der Waals surface area contributed by atoms with Gasteiger partial charge in [-0.25, -0.2) is 0 Å². The van der Waals surface area contributed by atoms with Gasteiger partial charge in [0.25, 0.3) is 5.69 Å². The zero-order valence-electron chi connectivity index (χ0n) is 13.5. The normalized spacial score (nSPS) is 18.8. The molecule has 2 rings (SSSR count). The van der Waals surface area contributed by atoms with Crippen LogP contribution in [0.25, 0.3) is 0 Å². The number of non-ortho nitro benzene ring substituents is 1. The molecule has 1 aliphatic carbocycles. The number of nitro groups is 2. The molecule has 126 valence electrons. The van der Waals surface area contributed by atoms with Gasteiger partial charge in [0.15, 0.2) is 0 Å². The van der Waals surface area contributed by atoms with E-state index in [1.165, 1.54) is 12.1 Å². The van der Waals surface area contributed by atoms with Crippen LogP contribution in [-0.4, -0.2) is 15.6 Å². The van der Waals surface area contributed by atoms with Crippen molar-refractivity contribution in [3.8, 4) is 0 Å². The molecule has 8 nitrogen and oxygen atoms in total. The van der Waals surface area contributed by atoms with E-state index in [4.69, 9.17) is 0 Å². The van der Waals surface area contributed by atoms with Gasteiger partial charge in [0.2, 0.25) is 0 Å². The fraction of sp³-hybridized carbons (Fsp3) is 0.312. The quantitative estimate of drug-likeness (QED) is 0.494. The third-order valence-corrected chi connectivity index (χ3v) is 4.00. The van der Waals surface area contributed by atoms with Crippen molar-refractivity contribution in [1.82, 2.24) is 0 Å². The maximum atomic E-state index is 11.1. The second-order valence-electron chi connectivity index (χ2n) is 5.76. The molecule has 8 heteroatoms. The number of hydrogen-bond donors (Lipinski definition) is 1. The van der Waals surface area contributed by atoms with Gasteiger partial charge in [-0.15, -0.1) is 0 Å². The molecule has 0 saturated carbocycles. The zero-order chi connectivity index (χ0) is 17.9. The van der Waals surface area contributed by atoms with Crippen LogP contribution in [0, 0.1) is 26.1 Å². The van der Waals surface area contributed by atoms with Crippen molar-refractivity contribution in [2.24, 2.45) is 11.0 Å². The number of anilines is 1. The standard InChI is InChI=1S/C16H18N4O4/c1-10(2)12-5-4-11(3)15(8-12)18-17-14-7-6-13(19(21)22)9-16(14)20(23)24/h4,6-7,9,12,17H,1,5,8H2,2-3H3/b18-15-. The van der Waals surface area contributed by atoms with Crippen molar-refractivity contribution < 1.29 is 9.85 Å². The van der Waals surface area contributed by atoms with E-state index in [-0.39, 0.29) is 17.1 Å². The number of nitro benzene ring substituents is 2. The lowest BCUT2D eigenvalue weighted by Crippen LogP contribution is -2.16. The maximum Gasteiger partial charge on any atom is 0.301 e. The number of benzene rings is 1. The third-order valence-electron chi connectivity index (χ3n) is 4.00. The Hall–Kier alpha value is -3.03. The van der Waals surface area contributed by atoms with Gasteiger partial charge in [-0.05, 0) is 44.2 Å². The molecule has 1 aliphatic rings. The van der Waals surface area contributed by atoms with Crippen LogP contribution in [0.2, 0.25) is 0 Å². The minimum absolute atomic E-state index is 0.114. The molecule has 24 heavy (non-hydrogen) atoms. The third kappa shape index (κ3) is 3.83. The number of rotatable bonds is 5. The van der Waals surface area contributed by atoms with Gasteiger partial charge in [0.1, 0.15) is 5.69 Å². The Balaban J connectivity index is 2.29. The molecule has 0 heterocycles. The number of allylic oxidation sites excluding steroid dienone is 3. The predicted octanol–water partition coefficient (Wildman–Crippen LogP) is 4.20. The van der Waals surface area contributed by atoms with E-state index in [1.807, 2.05) is 13.8 Å². The Morgan fingerprint density at radius 3 is 2.62 bits per heavy atom. The maximum absolute atomic E-state index is 11.1. The lowest BCUT2D eigenvalue weighted by Gasteiger charge is -2.22. The van der Waals surface area contributed by atoms with Crippen LogP contribution in [0.5, 0.6) is 0 Å². The van der Waals surface area contributed by atoms with E-state index in [9.17, 15) is 20.2 Å². The van der Waals surface area contributed by atoms with Gasteiger partial charge in [-0.2, -0.15) is 5.10 Å². The summed E-state index contributed by atoms with van der Waals surface area (Å²) in [4.78, 5) is 20.5. The van der Waals surface area contributed by atoms with Crippen LogP contribution in [0.15, 0.2) is 47.1 Å². The second kappa shape index (κ2) is 7.03. The molecule has 1 aromatic rings. The minimum atomic E-state index is -0.672. The molecule has 0 bridgehead atoms. The molecule has 0 spiro atoms. The lowest BCUT2D eigenvalue weighted by molar-refractivity contribution is -0.393. The summed E-state index contributed by atoms with van der Waals surface area (Å²) in [6.07, 6.45) is 3.66. The van der Waals surface area contributed by atoms with E-state index in [1.54, 1.807) is 0 Å². The molecule has 0 amide bonds. The highest BCUT2D eigenvalue weighted by Crippen LogP contribution is 2.30. The van der Waals surface area contributed by atoms with E-state index in [2.05, 4.69) is 23.2 Å². The van der Waals surface area contributed by atoms with E-state index in [0.29, 0.717) is 12.3 Å². The SMILES string of the molecule is C=C(C)C1CC=C(C)/C(=N\Nc2ccc([N+](=O)[O-])cc2[N+](=O)[O-])C1. The average molecular weight is 330 g/mol. The fourth-order valence-electron chi connectivity index (χ4n) is 2.43. The van der Waals surface area contributed by atoms with Gasteiger partial charge in [0.05, 0.1) is 21.6 Å². The summed E-state index contributed by atoms with van der Waals surface area (Å²) in [5.74, 6) is 0.293. The first-order chi connectivity index (χ1) is 11.3. The van der Waals surface area contributed by atoms with Gasteiger partial charge < -0.3 is 0 Å². The van der Waals surface area contributed by atoms with E-state index < -0.39 is 9.85 Å². The van der Waals surface area contributed by atoms with Crippen molar-refractivity contribution in [2.75, 3.05) is 5.43 Å². The number of nitrogens with zero attached hydrogens (tertiary/aromatic N) is 3. The molecule has 1 N–H and O–H groups in total. The summed E-state index contributed by atoms with van der Waals surface area (Å²) in [5, 5.41) is 26.1. The highest BCUT2D eigenvalue weighted by atomic mass is 16.6. The molecule has 0 radical (unpaired) electrons. The van der Waals surface area contributed by atoms with Gasteiger partial charge in [-0.1, -0.05) is 18.2 Å². The van der Waals surface area contributed by atoms with Crippen molar-refractivity contribution >= 4 is 22.8 Å². The van der Waals surface area contributed by atoms with Gasteiger partial charge >= 0.3 is 5.69 Å². The molecular weight excluding hydrogens is 312 g/mol.